The molecule has 0 fully saturated rings. The van der Waals surface area contributed by atoms with E-state index in [-0.39, 0.29) is 17.5 Å². The fraction of sp³-hybridized carbons (Fsp3) is 0.500. The van der Waals surface area contributed by atoms with Crippen molar-refractivity contribution in [2.45, 2.75) is 13.5 Å². The van der Waals surface area contributed by atoms with Crippen molar-refractivity contribution in [3.05, 3.63) is 16.1 Å². The van der Waals surface area contributed by atoms with E-state index in [9.17, 15) is 9.59 Å². The maximum absolute atomic E-state index is 11.4. The highest BCUT2D eigenvalue weighted by Gasteiger charge is 2.09. The number of carbonyl (C=O) groups excluding carboxylic acids is 1. The summed E-state index contributed by atoms with van der Waals surface area (Å²) >= 11 is 1.08. The third-order valence-corrected chi connectivity index (χ3v) is 3.10. The van der Waals surface area contributed by atoms with Crippen LogP contribution in [0.1, 0.15) is 22.4 Å². The van der Waals surface area contributed by atoms with E-state index >= 15 is 0 Å². The number of hydrogen-bond donors (Lipinski definition) is 2. The van der Waals surface area contributed by atoms with Crippen LogP contribution in [0, 0.1) is 0 Å². The van der Waals surface area contributed by atoms with E-state index in [4.69, 9.17) is 5.11 Å². The fourth-order valence-electron chi connectivity index (χ4n) is 1.10. The second kappa shape index (κ2) is 6.31. The third kappa shape index (κ3) is 4.12. The Morgan fingerprint density at radius 1 is 1.59 bits per heavy atom. The van der Waals surface area contributed by atoms with Crippen molar-refractivity contribution in [3.63, 3.8) is 0 Å². The van der Waals surface area contributed by atoms with Crippen molar-refractivity contribution >= 4 is 23.2 Å². The van der Waals surface area contributed by atoms with E-state index in [1.54, 1.807) is 17.3 Å². The van der Waals surface area contributed by atoms with Gasteiger partial charge in [-0.15, -0.1) is 11.3 Å². The summed E-state index contributed by atoms with van der Waals surface area (Å²) < 4.78 is 0. The molecular formula is C10H15N3O3S. The van der Waals surface area contributed by atoms with Gasteiger partial charge in [0.05, 0.1) is 12.2 Å². The molecule has 1 amide bonds. The molecule has 0 aliphatic carbocycles. The number of nitrogens with one attached hydrogen (secondary N) is 1. The standard InChI is InChI=1S/C10H15N3O3S/c1-3-13(2)8(14)5-11-4-7-6-17-9(12-7)10(15)16/h6,11H,3-5H2,1-2H3,(H,15,16). The van der Waals surface area contributed by atoms with Gasteiger partial charge in [0.1, 0.15) is 0 Å². The molecule has 6 nitrogen and oxygen atoms in total. The van der Waals surface area contributed by atoms with E-state index in [1.165, 1.54) is 0 Å². The molecule has 1 aromatic rings. The van der Waals surface area contributed by atoms with Crippen LogP contribution in [0.3, 0.4) is 0 Å². The number of hydrogen-bond acceptors (Lipinski definition) is 5. The van der Waals surface area contributed by atoms with E-state index in [0.29, 0.717) is 18.8 Å². The third-order valence-electron chi connectivity index (χ3n) is 2.22. The van der Waals surface area contributed by atoms with Gasteiger partial charge >= 0.3 is 5.97 Å². The number of likely N-dealkylation sites (N-methyl/N-ethyl adjacent to an activating group) is 1. The lowest BCUT2D eigenvalue weighted by atomic mass is 10.4. The highest BCUT2D eigenvalue weighted by Crippen LogP contribution is 2.08. The van der Waals surface area contributed by atoms with Crippen molar-refractivity contribution in [1.29, 1.82) is 0 Å². The topological polar surface area (TPSA) is 82.5 Å². The largest absolute Gasteiger partial charge is 0.476 e. The van der Waals surface area contributed by atoms with E-state index in [2.05, 4.69) is 10.3 Å². The minimum Gasteiger partial charge on any atom is -0.476 e. The van der Waals surface area contributed by atoms with Crippen molar-refractivity contribution < 1.29 is 14.7 Å². The zero-order valence-electron chi connectivity index (χ0n) is 9.77. The van der Waals surface area contributed by atoms with E-state index in [1.807, 2.05) is 6.92 Å². The van der Waals surface area contributed by atoms with Crippen LogP contribution in [0.4, 0.5) is 0 Å². The Hall–Kier alpha value is -1.47. The number of aromatic nitrogens is 1. The lowest BCUT2D eigenvalue weighted by Gasteiger charge is -2.14. The summed E-state index contributed by atoms with van der Waals surface area (Å²) in [5.74, 6) is -1.02. The normalized spacial score (nSPS) is 10.2. The average molecular weight is 257 g/mol. The number of carboxylic acids is 1. The van der Waals surface area contributed by atoms with Crippen molar-refractivity contribution in [3.8, 4) is 0 Å². The summed E-state index contributed by atoms with van der Waals surface area (Å²) in [4.78, 5) is 27.5. The molecule has 0 saturated heterocycles. The van der Waals surface area contributed by atoms with Gasteiger partial charge < -0.3 is 15.3 Å². The summed E-state index contributed by atoms with van der Waals surface area (Å²) in [6.07, 6.45) is 0. The number of amides is 1. The molecule has 0 atom stereocenters. The number of carbonyl (C=O) groups is 2. The Morgan fingerprint density at radius 3 is 2.82 bits per heavy atom. The Morgan fingerprint density at radius 2 is 2.29 bits per heavy atom. The Balaban J connectivity index is 2.35. The Bertz CT molecular complexity index is 405. The molecule has 1 heterocycles. The van der Waals surface area contributed by atoms with Gasteiger partial charge in [-0.2, -0.15) is 0 Å². The van der Waals surface area contributed by atoms with E-state index < -0.39 is 5.97 Å². The molecule has 17 heavy (non-hydrogen) atoms. The van der Waals surface area contributed by atoms with Crippen LogP contribution >= 0.6 is 11.3 Å². The maximum Gasteiger partial charge on any atom is 0.365 e. The highest BCUT2D eigenvalue weighted by molar-refractivity contribution is 7.11. The number of nitrogens with zero attached hydrogens (tertiary/aromatic N) is 2. The highest BCUT2D eigenvalue weighted by atomic mass is 32.1. The van der Waals surface area contributed by atoms with Crippen LogP contribution in [0.15, 0.2) is 5.38 Å². The molecular weight excluding hydrogens is 242 g/mol. The van der Waals surface area contributed by atoms with Crippen LogP contribution < -0.4 is 5.32 Å². The Labute approximate surface area is 103 Å². The van der Waals surface area contributed by atoms with Crippen molar-refractivity contribution in [2.75, 3.05) is 20.1 Å². The molecule has 0 spiro atoms. The predicted octanol–water partition coefficient (Wildman–Crippen LogP) is 0.409. The van der Waals surface area contributed by atoms with E-state index in [0.717, 1.165) is 11.3 Å². The van der Waals surface area contributed by atoms with Gasteiger partial charge in [0.25, 0.3) is 0 Å². The molecule has 0 aromatic carbocycles. The zero-order valence-corrected chi connectivity index (χ0v) is 10.6. The van der Waals surface area contributed by atoms with Crippen LogP contribution in [-0.4, -0.2) is 47.0 Å². The molecule has 1 rings (SSSR count). The molecule has 0 unspecified atom stereocenters. The molecule has 0 saturated carbocycles. The summed E-state index contributed by atoms with van der Waals surface area (Å²) in [5, 5.41) is 13.4. The van der Waals surface area contributed by atoms with Crippen molar-refractivity contribution in [2.24, 2.45) is 0 Å². The minimum absolute atomic E-state index is 0.00110. The number of thiazole rings is 1. The first-order valence-corrected chi connectivity index (χ1v) is 6.05. The molecule has 0 aliphatic rings. The van der Waals surface area contributed by atoms with Gasteiger partial charge in [-0.1, -0.05) is 0 Å². The monoisotopic (exact) mass is 257 g/mol. The minimum atomic E-state index is -1.02. The quantitative estimate of drug-likeness (QED) is 0.771. The summed E-state index contributed by atoms with van der Waals surface area (Å²) in [6, 6.07) is 0. The molecule has 0 radical (unpaired) electrons. The van der Waals surface area contributed by atoms with Crippen molar-refractivity contribution in [1.82, 2.24) is 15.2 Å². The van der Waals surface area contributed by atoms with Gasteiger partial charge in [0.15, 0.2) is 0 Å². The van der Waals surface area contributed by atoms with Gasteiger partial charge in [-0.3, -0.25) is 4.79 Å². The number of rotatable bonds is 6. The average Bonchev–Trinajstić information content (AvgIpc) is 2.76. The Kier molecular flexibility index (Phi) is 5.05. The lowest BCUT2D eigenvalue weighted by Crippen LogP contribution is -2.35. The SMILES string of the molecule is CCN(C)C(=O)CNCc1csc(C(=O)O)n1. The lowest BCUT2D eigenvalue weighted by molar-refractivity contribution is -0.128. The second-order valence-electron chi connectivity index (χ2n) is 3.46. The molecule has 94 valence electrons. The summed E-state index contributed by atoms with van der Waals surface area (Å²) in [5.41, 5.74) is 0.638. The first-order valence-electron chi connectivity index (χ1n) is 5.17. The molecule has 0 bridgehead atoms. The number of aromatic carboxylic acids is 1. The van der Waals surface area contributed by atoms with Gasteiger partial charge in [0.2, 0.25) is 10.9 Å². The second-order valence-corrected chi connectivity index (χ2v) is 4.32. The molecule has 7 heteroatoms. The summed E-state index contributed by atoms with van der Waals surface area (Å²) in [6.45, 7) is 3.19. The first-order chi connectivity index (χ1) is 8.04. The van der Waals surface area contributed by atoms with Gasteiger partial charge in [-0.25, -0.2) is 9.78 Å². The fourth-order valence-corrected chi connectivity index (χ4v) is 1.75. The van der Waals surface area contributed by atoms with Crippen LogP contribution in [-0.2, 0) is 11.3 Å². The first kappa shape index (κ1) is 13.6. The van der Waals surface area contributed by atoms with Crippen LogP contribution in [0.25, 0.3) is 0 Å². The maximum atomic E-state index is 11.4. The number of carboxylic acid groups (broad SMARTS) is 1. The predicted molar refractivity (Wildman–Crippen MR) is 64.1 cm³/mol. The molecule has 1 aromatic heterocycles. The van der Waals surface area contributed by atoms with Gasteiger partial charge in [-0.05, 0) is 6.92 Å². The van der Waals surface area contributed by atoms with Gasteiger partial charge in [0, 0.05) is 25.5 Å². The molecule has 2 N–H and O–H groups in total. The zero-order chi connectivity index (χ0) is 12.8. The van der Waals surface area contributed by atoms with Crippen LogP contribution in [0.2, 0.25) is 0 Å². The smallest absolute Gasteiger partial charge is 0.365 e. The van der Waals surface area contributed by atoms with Crippen LogP contribution in [0.5, 0.6) is 0 Å². The summed E-state index contributed by atoms with van der Waals surface area (Å²) in [7, 11) is 1.73. The molecule has 0 aliphatic heterocycles.